The van der Waals surface area contributed by atoms with Crippen LogP contribution in [0.3, 0.4) is 0 Å². The predicted molar refractivity (Wildman–Crippen MR) is 71.6 cm³/mol. The standard InChI is InChI=1S/C12H19N3O5/c1-3-13-9-10(15(18)19)8-11(13)12(17)14(4-6-16)5-7-20-2/h8-9,16H,3-7H2,1-2H3. The van der Waals surface area contributed by atoms with Gasteiger partial charge in [-0.2, -0.15) is 0 Å². The van der Waals surface area contributed by atoms with Gasteiger partial charge in [0, 0.05) is 32.8 Å². The van der Waals surface area contributed by atoms with Crippen LogP contribution in [0.2, 0.25) is 0 Å². The third-order valence-corrected chi connectivity index (χ3v) is 2.88. The molecule has 0 bridgehead atoms. The maximum absolute atomic E-state index is 12.4. The van der Waals surface area contributed by atoms with Gasteiger partial charge >= 0.3 is 0 Å². The second-order valence-electron chi connectivity index (χ2n) is 4.14. The zero-order valence-corrected chi connectivity index (χ0v) is 11.6. The Labute approximate surface area is 116 Å². The molecule has 1 heterocycles. The molecular formula is C12H19N3O5. The van der Waals surface area contributed by atoms with Crippen LogP contribution in [0.15, 0.2) is 12.3 Å². The van der Waals surface area contributed by atoms with Gasteiger partial charge in [0.2, 0.25) is 0 Å². The van der Waals surface area contributed by atoms with Crippen molar-refractivity contribution in [3.05, 3.63) is 28.1 Å². The number of hydrogen-bond donors (Lipinski definition) is 1. The largest absolute Gasteiger partial charge is 0.395 e. The number of methoxy groups -OCH3 is 1. The van der Waals surface area contributed by atoms with Crippen molar-refractivity contribution >= 4 is 11.6 Å². The highest BCUT2D eigenvalue weighted by Crippen LogP contribution is 2.18. The molecule has 0 unspecified atom stereocenters. The number of aromatic nitrogens is 1. The molecule has 8 nitrogen and oxygen atoms in total. The summed E-state index contributed by atoms with van der Waals surface area (Å²) < 4.78 is 6.44. The Morgan fingerprint density at radius 3 is 2.75 bits per heavy atom. The maximum atomic E-state index is 12.4. The number of aliphatic hydroxyl groups excluding tert-OH is 1. The van der Waals surface area contributed by atoms with Crippen LogP contribution in [-0.4, -0.2) is 58.8 Å². The molecule has 8 heteroatoms. The van der Waals surface area contributed by atoms with Crippen molar-refractivity contribution in [1.29, 1.82) is 0 Å². The normalized spacial score (nSPS) is 10.6. The Bertz CT molecular complexity index is 472. The number of amides is 1. The van der Waals surface area contributed by atoms with E-state index in [0.717, 1.165) is 0 Å². The summed E-state index contributed by atoms with van der Waals surface area (Å²) in [5.41, 5.74) is 0.120. The number of rotatable bonds is 8. The number of carbonyl (C=O) groups is 1. The number of aryl methyl sites for hydroxylation is 1. The summed E-state index contributed by atoms with van der Waals surface area (Å²) in [4.78, 5) is 24.0. The molecule has 0 aliphatic carbocycles. The van der Waals surface area contributed by atoms with Crippen LogP contribution in [-0.2, 0) is 11.3 Å². The zero-order valence-electron chi connectivity index (χ0n) is 11.6. The van der Waals surface area contributed by atoms with E-state index >= 15 is 0 Å². The molecule has 0 aromatic carbocycles. The van der Waals surface area contributed by atoms with Gasteiger partial charge in [0.25, 0.3) is 11.6 Å². The van der Waals surface area contributed by atoms with Crippen LogP contribution in [0.1, 0.15) is 17.4 Å². The van der Waals surface area contributed by atoms with E-state index in [4.69, 9.17) is 9.84 Å². The number of ether oxygens (including phenoxy) is 1. The molecule has 0 saturated carbocycles. The summed E-state index contributed by atoms with van der Waals surface area (Å²) in [5.74, 6) is -0.356. The van der Waals surface area contributed by atoms with Crippen molar-refractivity contribution in [1.82, 2.24) is 9.47 Å². The Kier molecular flexibility index (Phi) is 6.13. The summed E-state index contributed by atoms with van der Waals surface area (Å²) in [6.07, 6.45) is 1.33. The lowest BCUT2D eigenvalue weighted by molar-refractivity contribution is -0.384. The number of hydrogen-bond acceptors (Lipinski definition) is 5. The molecule has 112 valence electrons. The summed E-state index contributed by atoms with van der Waals surface area (Å²) in [7, 11) is 1.52. The lowest BCUT2D eigenvalue weighted by Crippen LogP contribution is -2.37. The summed E-state index contributed by atoms with van der Waals surface area (Å²) >= 11 is 0. The molecule has 1 aromatic heterocycles. The van der Waals surface area contributed by atoms with E-state index in [1.54, 1.807) is 6.92 Å². The molecule has 0 saturated heterocycles. The van der Waals surface area contributed by atoms with Crippen molar-refractivity contribution in [2.24, 2.45) is 0 Å². The summed E-state index contributed by atoms with van der Waals surface area (Å²) in [5, 5.41) is 19.8. The Morgan fingerprint density at radius 2 is 2.25 bits per heavy atom. The first-order valence-electron chi connectivity index (χ1n) is 6.28. The van der Waals surface area contributed by atoms with Gasteiger partial charge in [-0.05, 0) is 6.92 Å². The Morgan fingerprint density at radius 1 is 1.55 bits per heavy atom. The summed E-state index contributed by atoms with van der Waals surface area (Å²) in [6, 6.07) is 1.25. The van der Waals surface area contributed by atoms with Gasteiger partial charge < -0.3 is 19.3 Å². The van der Waals surface area contributed by atoms with Gasteiger partial charge in [-0.3, -0.25) is 14.9 Å². The SMILES string of the molecule is CCn1cc([N+](=O)[O-])cc1C(=O)N(CCO)CCOC. The van der Waals surface area contributed by atoms with E-state index in [1.807, 2.05) is 0 Å². The second-order valence-corrected chi connectivity index (χ2v) is 4.14. The Balaban J connectivity index is 3.00. The van der Waals surface area contributed by atoms with E-state index in [1.165, 1.54) is 28.8 Å². The van der Waals surface area contributed by atoms with Gasteiger partial charge in [-0.25, -0.2) is 0 Å². The third-order valence-electron chi connectivity index (χ3n) is 2.88. The van der Waals surface area contributed by atoms with E-state index in [0.29, 0.717) is 19.7 Å². The molecule has 1 aromatic rings. The fourth-order valence-electron chi connectivity index (χ4n) is 1.83. The van der Waals surface area contributed by atoms with E-state index in [-0.39, 0.29) is 30.4 Å². The zero-order chi connectivity index (χ0) is 15.1. The van der Waals surface area contributed by atoms with Crippen LogP contribution < -0.4 is 0 Å². The molecule has 1 amide bonds. The maximum Gasteiger partial charge on any atom is 0.287 e. The molecule has 1 rings (SSSR count). The molecule has 20 heavy (non-hydrogen) atoms. The average Bonchev–Trinajstić information content (AvgIpc) is 2.87. The van der Waals surface area contributed by atoms with Crippen molar-refractivity contribution in [2.75, 3.05) is 33.4 Å². The van der Waals surface area contributed by atoms with Crippen molar-refractivity contribution in [3.63, 3.8) is 0 Å². The van der Waals surface area contributed by atoms with Crippen LogP contribution in [0.5, 0.6) is 0 Å². The lowest BCUT2D eigenvalue weighted by Gasteiger charge is -2.21. The number of aliphatic hydroxyl groups is 1. The monoisotopic (exact) mass is 285 g/mol. The first-order chi connectivity index (χ1) is 9.54. The number of carbonyl (C=O) groups excluding carboxylic acids is 1. The van der Waals surface area contributed by atoms with Gasteiger partial charge in [0.1, 0.15) is 5.69 Å². The molecule has 0 aliphatic heterocycles. The molecule has 0 spiro atoms. The highest BCUT2D eigenvalue weighted by molar-refractivity contribution is 5.93. The first kappa shape index (κ1) is 16.1. The molecule has 0 fully saturated rings. The molecule has 0 aliphatic rings. The van der Waals surface area contributed by atoms with Gasteiger partial charge in [0.15, 0.2) is 0 Å². The van der Waals surface area contributed by atoms with Crippen LogP contribution >= 0.6 is 0 Å². The summed E-state index contributed by atoms with van der Waals surface area (Å²) in [6.45, 7) is 2.88. The Hall–Kier alpha value is -1.93. The van der Waals surface area contributed by atoms with E-state index in [9.17, 15) is 14.9 Å². The highest BCUT2D eigenvalue weighted by Gasteiger charge is 2.22. The van der Waals surface area contributed by atoms with Crippen LogP contribution in [0.25, 0.3) is 0 Å². The molecule has 0 atom stereocenters. The van der Waals surface area contributed by atoms with Crippen molar-refractivity contribution in [3.8, 4) is 0 Å². The van der Waals surface area contributed by atoms with Gasteiger partial charge in [-0.1, -0.05) is 0 Å². The second kappa shape index (κ2) is 7.61. The lowest BCUT2D eigenvalue weighted by atomic mass is 10.3. The molecular weight excluding hydrogens is 266 g/mol. The average molecular weight is 285 g/mol. The van der Waals surface area contributed by atoms with E-state index in [2.05, 4.69) is 0 Å². The highest BCUT2D eigenvalue weighted by atomic mass is 16.6. The third kappa shape index (κ3) is 3.78. The number of nitro groups is 1. The predicted octanol–water partition coefficient (Wildman–Crippen LogP) is 0.497. The minimum absolute atomic E-state index is 0.120. The minimum atomic E-state index is -0.533. The van der Waals surface area contributed by atoms with Gasteiger partial charge in [-0.15, -0.1) is 0 Å². The quantitative estimate of drug-likeness (QED) is 0.554. The fraction of sp³-hybridized carbons (Fsp3) is 0.583. The van der Waals surface area contributed by atoms with E-state index < -0.39 is 4.92 Å². The molecule has 1 N–H and O–H groups in total. The topological polar surface area (TPSA) is 97.8 Å². The smallest absolute Gasteiger partial charge is 0.287 e. The molecule has 0 radical (unpaired) electrons. The first-order valence-corrected chi connectivity index (χ1v) is 6.28. The minimum Gasteiger partial charge on any atom is -0.395 e. The van der Waals surface area contributed by atoms with Crippen LogP contribution in [0.4, 0.5) is 5.69 Å². The number of nitrogens with zero attached hydrogens (tertiary/aromatic N) is 3. The van der Waals surface area contributed by atoms with Crippen LogP contribution in [0, 0.1) is 10.1 Å². The van der Waals surface area contributed by atoms with Crippen molar-refractivity contribution < 1.29 is 19.6 Å². The van der Waals surface area contributed by atoms with Crippen molar-refractivity contribution in [2.45, 2.75) is 13.5 Å². The fourth-order valence-corrected chi connectivity index (χ4v) is 1.83. The van der Waals surface area contributed by atoms with Gasteiger partial charge in [0.05, 0.1) is 24.3 Å².